The van der Waals surface area contributed by atoms with E-state index in [2.05, 4.69) is 27.6 Å². The molecule has 3 rings (SSSR count). The number of carbonyl (C=O) groups is 2. The lowest BCUT2D eigenvalue weighted by atomic mass is 10.00. The molecule has 1 fully saturated rings. The van der Waals surface area contributed by atoms with Crippen molar-refractivity contribution in [2.75, 3.05) is 11.9 Å². The number of sulfonamides is 1. The number of hydrogen-bond acceptors (Lipinski definition) is 7. The predicted molar refractivity (Wildman–Crippen MR) is 100 cm³/mol. The minimum atomic E-state index is -4.13. The van der Waals surface area contributed by atoms with E-state index >= 15 is 0 Å². The van der Waals surface area contributed by atoms with Gasteiger partial charge in [0.2, 0.25) is 5.91 Å². The van der Waals surface area contributed by atoms with Crippen LogP contribution >= 0.6 is 0 Å². The molecule has 2 aliphatic heterocycles. The summed E-state index contributed by atoms with van der Waals surface area (Å²) in [7, 11) is -4.13. The summed E-state index contributed by atoms with van der Waals surface area (Å²) in [6, 6.07) is 5.29. The van der Waals surface area contributed by atoms with Crippen molar-refractivity contribution >= 4 is 27.6 Å². The molecular weight excluding hydrogens is 384 g/mol. The first kappa shape index (κ1) is 20.1. The van der Waals surface area contributed by atoms with Gasteiger partial charge in [-0.05, 0) is 38.3 Å². The van der Waals surface area contributed by atoms with Gasteiger partial charge in [-0.3, -0.25) is 10.2 Å². The molecule has 28 heavy (non-hydrogen) atoms. The van der Waals surface area contributed by atoms with E-state index in [9.17, 15) is 18.0 Å². The van der Waals surface area contributed by atoms with Gasteiger partial charge < -0.3 is 10.6 Å². The summed E-state index contributed by atoms with van der Waals surface area (Å²) >= 11 is 0. The highest BCUT2D eigenvalue weighted by Crippen LogP contribution is 2.32. The van der Waals surface area contributed by atoms with Crippen LogP contribution in [0.4, 0.5) is 10.5 Å². The third kappa shape index (κ3) is 3.80. The topological polar surface area (TPSA) is 143 Å². The quantitative estimate of drug-likeness (QED) is 0.558. The van der Waals surface area contributed by atoms with E-state index in [4.69, 9.17) is 5.26 Å². The van der Waals surface area contributed by atoms with Gasteiger partial charge in [-0.1, -0.05) is 12.1 Å². The number of benzene rings is 1. The van der Waals surface area contributed by atoms with Crippen molar-refractivity contribution in [1.82, 2.24) is 20.5 Å². The summed E-state index contributed by atoms with van der Waals surface area (Å²) in [4.78, 5) is 24.7. The van der Waals surface area contributed by atoms with Gasteiger partial charge in [0.05, 0.1) is 11.8 Å². The van der Waals surface area contributed by atoms with Crippen molar-refractivity contribution in [2.24, 2.45) is 0 Å². The largest absolute Gasteiger partial charge is 0.350 e. The van der Waals surface area contributed by atoms with E-state index in [-0.39, 0.29) is 28.7 Å². The van der Waals surface area contributed by atoms with Crippen molar-refractivity contribution in [2.45, 2.75) is 49.7 Å². The maximum atomic E-state index is 12.9. The van der Waals surface area contributed by atoms with Crippen molar-refractivity contribution in [3.05, 3.63) is 23.8 Å². The first-order chi connectivity index (χ1) is 13.2. The SMILES string of the molecule is Cc1cccc2c1S(=O)(=O)N(CC(=O)N[C@H](C)C1CCC(C#N)NN1)C(=O)N2. The van der Waals surface area contributed by atoms with E-state index in [1.807, 2.05) is 0 Å². The molecule has 3 atom stereocenters. The van der Waals surface area contributed by atoms with Crippen LogP contribution in [0.2, 0.25) is 0 Å². The van der Waals surface area contributed by atoms with Crippen molar-refractivity contribution in [3.63, 3.8) is 0 Å². The van der Waals surface area contributed by atoms with Crippen LogP contribution in [0.15, 0.2) is 23.1 Å². The Morgan fingerprint density at radius 3 is 2.79 bits per heavy atom. The third-order valence-electron chi connectivity index (χ3n) is 4.87. The van der Waals surface area contributed by atoms with Gasteiger partial charge in [0.15, 0.2) is 0 Å². The molecule has 2 unspecified atom stereocenters. The van der Waals surface area contributed by atoms with E-state index in [0.717, 1.165) is 0 Å². The number of hydrogen-bond donors (Lipinski definition) is 4. The summed E-state index contributed by atoms with van der Waals surface area (Å²) in [5.74, 6) is -0.590. The number of carbonyl (C=O) groups excluding carboxylic acids is 2. The Hall–Kier alpha value is -2.68. The number of anilines is 1. The van der Waals surface area contributed by atoms with Gasteiger partial charge in [0.25, 0.3) is 10.0 Å². The molecule has 0 radical (unpaired) electrons. The smallest absolute Gasteiger partial charge is 0.336 e. The minimum Gasteiger partial charge on any atom is -0.350 e. The average molecular weight is 406 g/mol. The molecule has 0 aromatic heterocycles. The molecule has 2 heterocycles. The molecule has 1 aromatic rings. The molecule has 150 valence electrons. The molecular formula is C17H22N6O4S. The molecule has 0 spiro atoms. The van der Waals surface area contributed by atoms with Crippen LogP contribution in [0.5, 0.6) is 0 Å². The molecule has 11 heteroatoms. The second-order valence-electron chi connectivity index (χ2n) is 6.90. The Kier molecular flexibility index (Phi) is 5.55. The first-order valence-corrected chi connectivity index (χ1v) is 10.3. The van der Waals surface area contributed by atoms with Crippen molar-refractivity contribution < 1.29 is 18.0 Å². The lowest BCUT2D eigenvalue weighted by molar-refractivity contribution is -0.121. The summed E-state index contributed by atoms with van der Waals surface area (Å²) in [6.45, 7) is 2.78. The van der Waals surface area contributed by atoms with Gasteiger partial charge >= 0.3 is 6.03 Å². The Morgan fingerprint density at radius 2 is 2.14 bits per heavy atom. The minimum absolute atomic E-state index is 0.00357. The highest BCUT2D eigenvalue weighted by Gasteiger charge is 2.39. The molecule has 0 saturated carbocycles. The number of fused-ring (bicyclic) bond motifs is 1. The van der Waals surface area contributed by atoms with E-state index in [1.54, 1.807) is 26.0 Å². The molecule has 10 nitrogen and oxygen atoms in total. The van der Waals surface area contributed by atoms with Gasteiger partial charge in [0.1, 0.15) is 17.5 Å². The molecule has 3 amide bonds. The molecule has 1 aromatic carbocycles. The van der Waals surface area contributed by atoms with Crippen LogP contribution in [0.1, 0.15) is 25.3 Å². The Balaban J connectivity index is 1.68. The lowest BCUT2D eigenvalue weighted by Gasteiger charge is -2.33. The van der Waals surface area contributed by atoms with Crippen LogP contribution < -0.4 is 21.5 Å². The number of nitrogens with zero attached hydrogens (tertiary/aromatic N) is 2. The average Bonchev–Trinajstić information content (AvgIpc) is 2.64. The summed E-state index contributed by atoms with van der Waals surface area (Å²) < 4.78 is 26.3. The van der Waals surface area contributed by atoms with Crippen LogP contribution in [-0.4, -0.2) is 49.3 Å². The number of rotatable bonds is 4. The molecule has 2 aliphatic rings. The highest BCUT2D eigenvalue weighted by molar-refractivity contribution is 7.90. The normalized spacial score (nSPS) is 24.5. The maximum absolute atomic E-state index is 12.9. The van der Waals surface area contributed by atoms with E-state index < -0.39 is 28.5 Å². The molecule has 0 bridgehead atoms. The summed E-state index contributed by atoms with van der Waals surface area (Å²) in [5, 5.41) is 14.1. The zero-order valence-electron chi connectivity index (χ0n) is 15.5. The lowest BCUT2D eigenvalue weighted by Crippen LogP contribution is -2.59. The number of amides is 3. The second-order valence-corrected chi connectivity index (χ2v) is 8.70. The molecule has 0 aliphatic carbocycles. The van der Waals surface area contributed by atoms with Gasteiger partial charge in [-0.25, -0.2) is 22.9 Å². The second kappa shape index (κ2) is 7.75. The van der Waals surface area contributed by atoms with Gasteiger partial charge in [-0.2, -0.15) is 5.26 Å². The van der Waals surface area contributed by atoms with Crippen molar-refractivity contribution in [1.29, 1.82) is 5.26 Å². The fourth-order valence-electron chi connectivity index (χ4n) is 3.35. The Bertz CT molecular complexity index is 933. The number of nitrogens with one attached hydrogen (secondary N) is 4. The summed E-state index contributed by atoms with van der Waals surface area (Å²) in [6.07, 6.45) is 1.30. The van der Waals surface area contributed by atoms with E-state index in [1.165, 1.54) is 6.07 Å². The molecule has 1 saturated heterocycles. The maximum Gasteiger partial charge on any atom is 0.336 e. The van der Waals surface area contributed by atoms with Crippen molar-refractivity contribution in [3.8, 4) is 6.07 Å². The number of urea groups is 1. The fourth-order valence-corrected chi connectivity index (χ4v) is 4.99. The zero-order chi connectivity index (χ0) is 20.5. The highest BCUT2D eigenvalue weighted by atomic mass is 32.2. The van der Waals surface area contributed by atoms with E-state index in [0.29, 0.717) is 22.7 Å². The zero-order valence-corrected chi connectivity index (χ0v) is 16.3. The number of hydrazine groups is 1. The Morgan fingerprint density at radius 1 is 1.39 bits per heavy atom. The van der Waals surface area contributed by atoms with Crippen LogP contribution in [0, 0.1) is 18.3 Å². The van der Waals surface area contributed by atoms with Crippen LogP contribution in [0.25, 0.3) is 0 Å². The number of aryl methyl sites for hydroxylation is 1. The predicted octanol–water partition coefficient (Wildman–Crippen LogP) is 0.185. The van der Waals surface area contributed by atoms with Gasteiger partial charge in [0, 0.05) is 12.1 Å². The standard InChI is InChI=1S/C17H22N6O4S/c1-10-4-3-5-14-16(10)28(26,27)23(17(25)20-14)9-15(24)19-11(2)13-7-6-12(8-18)21-22-13/h3-5,11-13,21-22H,6-7,9H2,1-2H3,(H,19,24)(H,20,25)/t11-,12?,13?/m1/s1. The number of nitriles is 1. The van der Waals surface area contributed by atoms with Crippen LogP contribution in [-0.2, 0) is 14.8 Å². The fraction of sp³-hybridized carbons (Fsp3) is 0.471. The summed E-state index contributed by atoms with van der Waals surface area (Å²) in [5.41, 5.74) is 6.53. The molecule has 4 N–H and O–H groups in total. The van der Waals surface area contributed by atoms with Gasteiger partial charge in [-0.15, -0.1) is 0 Å². The first-order valence-electron chi connectivity index (χ1n) is 8.87. The Labute approximate surface area is 163 Å². The third-order valence-corrected chi connectivity index (χ3v) is 6.81. The monoisotopic (exact) mass is 406 g/mol. The van der Waals surface area contributed by atoms with Crippen LogP contribution in [0.3, 0.4) is 0 Å².